The highest BCUT2D eigenvalue weighted by atomic mass is 16.6. The monoisotopic (exact) mass is 255 g/mol. The van der Waals surface area contributed by atoms with E-state index in [4.69, 9.17) is 4.74 Å². The molecule has 102 valence electrons. The summed E-state index contributed by atoms with van der Waals surface area (Å²) in [5, 5.41) is 12.0. The highest BCUT2D eigenvalue weighted by Gasteiger charge is 2.81. The molecule has 0 aromatic rings. The number of carbonyl (C=O) groups excluding carboxylic acids is 1. The van der Waals surface area contributed by atoms with Crippen molar-refractivity contribution in [2.45, 2.75) is 52.2 Å². The molecule has 0 bridgehead atoms. The lowest BCUT2D eigenvalue weighted by Crippen LogP contribution is -2.64. The van der Waals surface area contributed by atoms with Crippen LogP contribution in [0.15, 0.2) is 0 Å². The molecule has 4 atom stereocenters. The van der Waals surface area contributed by atoms with E-state index in [1.807, 2.05) is 6.92 Å². The Labute approximate surface area is 107 Å². The van der Waals surface area contributed by atoms with Gasteiger partial charge in [-0.2, -0.15) is 0 Å². The number of hydrogen-bond acceptors (Lipinski definition) is 3. The molecule has 5 nitrogen and oxygen atoms in total. The van der Waals surface area contributed by atoms with Crippen LogP contribution >= 0.6 is 0 Å². The number of amides is 1. The zero-order valence-electron chi connectivity index (χ0n) is 11.5. The third-order valence-corrected chi connectivity index (χ3v) is 4.44. The summed E-state index contributed by atoms with van der Waals surface area (Å²) in [6.07, 6.45) is -0.161. The highest BCUT2D eigenvalue weighted by molar-refractivity contribution is 5.88. The molecule has 0 spiro atoms. The molecule has 0 saturated heterocycles. The molecule has 4 unspecified atom stereocenters. The molecular formula is C13H21NO4. The minimum Gasteiger partial charge on any atom is -0.479 e. The first-order valence-corrected chi connectivity index (χ1v) is 6.27. The Morgan fingerprint density at radius 3 is 2.22 bits per heavy atom. The summed E-state index contributed by atoms with van der Waals surface area (Å²) in [5.41, 5.74) is -1.67. The van der Waals surface area contributed by atoms with Gasteiger partial charge in [0.05, 0.1) is 0 Å². The molecule has 18 heavy (non-hydrogen) atoms. The molecule has 0 heterocycles. The Bertz CT molecular complexity index is 414. The van der Waals surface area contributed by atoms with Crippen LogP contribution in [0.2, 0.25) is 0 Å². The van der Waals surface area contributed by atoms with Gasteiger partial charge in [0, 0.05) is 5.92 Å². The number of alkyl carbamates (subject to hydrolysis) is 1. The lowest BCUT2D eigenvalue weighted by atomic mass is 9.69. The van der Waals surface area contributed by atoms with Crippen molar-refractivity contribution < 1.29 is 19.4 Å². The van der Waals surface area contributed by atoms with E-state index in [9.17, 15) is 14.7 Å². The van der Waals surface area contributed by atoms with Crippen LogP contribution in [0.5, 0.6) is 0 Å². The van der Waals surface area contributed by atoms with E-state index in [-0.39, 0.29) is 11.3 Å². The number of carbonyl (C=O) groups is 2. The molecule has 0 aromatic heterocycles. The quantitative estimate of drug-likeness (QED) is 0.791. The molecule has 1 amide bonds. The summed E-state index contributed by atoms with van der Waals surface area (Å²) in [6, 6.07) is 0. The largest absolute Gasteiger partial charge is 0.479 e. The second kappa shape index (κ2) is 3.39. The number of carboxylic acids is 1. The van der Waals surface area contributed by atoms with Crippen LogP contribution in [0.1, 0.15) is 41.0 Å². The number of ether oxygens (including phenoxy) is 1. The Hall–Kier alpha value is -1.26. The van der Waals surface area contributed by atoms with Gasteiger partial charge in [0.2, 0.25) is 0 Å². The molecule has 0 aromatic carbocycles. The third-order valence-electron chi connectivity index (χ3n) is 4.44. The molecule has 2 N–H and O–H groups in total. The van der Waals surface area contributed by atoms with Crippen molar-refractivity contribution >= 4 is 12.1 Å². The van der Waals surface area contributed by atoms with Gasteiger partial charge in [0.1, 0.15) is 11.1 Å². The van der Waals surface area contributed by atoms with Crippen molar-refractivity contribution in [3.05, 3.63) is 0 Å². The van der Waals surface area contributed by atoms with Crippen molar-refractivity contribution in [1.29, 1.82) is 0 Å². The van der Waals surface area contributed by atoms with Gasteiger partial charge in [-0.25, -0.2) is 9.59 Å². The first-order valence-electron chi connectivity index (χ1n) is 6.27. The standard InChI is InChI=1S/C13H21NO4/c1-7-8-12(7,5)6-13(8,9(15)16)14-10(17)18-11(2,3)4/h7-8H,6H2,1-5H3,(H,14,17)(H,15,16). The van der Waals surface area contributed by atoms with E-state index in [2.05, 4.69) is 12.2 Å². The number of fused-ring (bicyclic) bond motifs is 1. The summed E-state index contributed by atoms with van der Waals surface area (Å²) in [5.74, 6) is -0.598. The van der Waals surface area contributed by atoms with Crippen molar-refractivity contribution in [1.82, 2.24) is 5.32 Å². The van der Waals surface area contributed by atoms with Gasteiger partial charge < -0.3 is 15.2 Å². The minimum atomic E-state index is -1.13. The second-order valence-corrected chi connectivity index (χ2v) is 6.85. The van der Waals surface area contributed by atoms with Crippen molar-refractivity contribution in [2.24, 2.45) is 17.3 Å². The maximum Gasteiger partial charge on any atom is 0.408 e. The molecule has 5 heteroatoms. The molecular weight excluding hydrogens is 234 g/mol. The maximum absolute atomic E-state index is 11.7. The van der Waals surface area contributed by atoms with Crippen LogP contribution in [-0.2, 0) is 9.53 Å². The molecule has 2 aliphatic rings. The van der Waals surface area contributed by atoms with Gasteiger partial charge in [-0.05, 0) is 38.5 Å². The zero-order chi connectivity index (χ0) is 13.9. The Balaban J connectivity index is 2.07. The van der Waals surface area contributed by atoms with Crippen molar-refractivity contribution in [2.75, 3.05) is 0 Å². The van der Waals surface area contributed by atoms with Crippen molar-refractivity contribution in [3.63, 3.8) is 0 Å². The SMILES string of the molecule is CC1C2C(NC(=O)OC(C)(C)C)(C(=O)O)CC12C. The lowest BCUT2D eigenvalue weighted by Gasteiger charge is -2.42. The summed E-state index contributed by atoms with van der Waals surface area (Å²) in [4.78, 5) is 23.2. The average molecular weight is 255 g/mol. The Morgan fingerprint density at radius 1 is 1.39 bits per heavy atom. The van der Waals surface area contributed by atoms with E-state index in [0.717, 1.165) is 0 Å². The molecule has 2 saturated carbocycles. The number of nitrogens with one attached hydrogen (secondary N) is 1. The van der Waals surface area contributed by atoms with Gasteiger partial charge >= 0.3 is 12.1 Å². The fraction of sp³-hybridized carbons (Fsp3) is 0.846. The van der Waals surface area contributed by atoms with E-state index in [1.54, 1.807) is 20.8 Å². The third kappa shape index (κ3) is 1.68. The van der Waals surface area contributed by atoms with Crippen LogP contribution in [0.3, 0.4) is 0 Å². The maximum atomic E-state index is 11.7. The average Bonchev–Trinajstić information content (AvgIpc) is 2.54. The Kier molecular flexibility index (Phi) is 2.49. The second-order valence-electron chi connectivity index (χ2n) is 6.85. The highest BCUT2D eigenvalue weighted by Crippen LogP contribution is 2.76. The zero-order valence-corrected chi connectivity index (χ0v) is 11.5. The molecule has 2 fully saturated rings. The van der Waals surface area contributed by atoms with Crippen LogP contribution in [0, 0.1) is 17.3 Å². The van der Waals surface area contributed by atoms with Gasteiger partial charge in [0.25, 0.3) is 0 Å². The van der Waals surface area contributed by atoms with Crippen LogP contribution in [0.4, 0.5) is 4.79 Å². The number of hydrogen-bond donors (Lipinski definition) is 2. The van der Waals surface area contributed by atoms with E-state index in [0.29, 0.717) is 12.3 Å². The van der Waals surface area contributed by atoms with Crippen molar-refractivity contribution in [3.8, 4) is 0 Å². The minimum absolute atomic E-state index is 0.0232. The fourth-order valence-electron chi connectivity index (χ4n) is 3.51. The number of aliphatic carboxylic acids is 1. The molecule has 0 radical (unpaired) electrons. The van der Waals surface area contributed by atoms with E-state index >= 15 is 0 Å². The van der Waals surface area contributed by atoms with Crippen LogP contribution < -0.4 is 5.32 Å². The predicted molar refractivity (Wildman–Crippen MR) is 65.1 cm³/mol. The lowest BCUT2D eigenvalue weighted by molar-refractivity contribution is -0.151. The van der Waals surface area contributed by atoms with Gasteiger partial charge in [-0.3, -0.25) is 0 Å². The number of rotatable bonds is 2. The summed E-state index contributed by atoms with van der Waals surface area (Å²) in [7, 11) is 0. The van der Waals surface area contributed by atoms with E-state index in [1.165, 1.54) is 0 Å². The smallest absolute Gasteiger partial charge is 0.408 e. The fourth-order valence-corrected chi connectivity index (χ4v) is 3.51. The normalized spacial score (nSPS) is 41.4. The molecule has 0 aliphatic heterocycles. The summed E-state index contributed by atoms with van der Waals surface area (Å²) < 4.78 is 5.14. The first kappa shape index (κ1) is 13.2. The van der Waals surface area contributed by atoms with Gasteiger partial charge in [0.15, 0.2) is 0 Å². The Morgan fingerprint density at radius 2 is 1.94 bits per heavy atom. The number of carboxylic acid groups (broad SMARTS) is 1. The van der Waals surface area contributed by atoms with E-state index < -0.39 is 23.2 Å². The van der Waals surface area contributed by atoms with Gasteiger partial charge in [-0.15, -0.1) is 0 Å². The van der Waals surface area contributed by atoms with Crippen LogP contribution in [0.25, 0.3) is 0 Å². The van der Waals surface area contributed by atoms with Crippen LogP contribution in [-0.4, -0.2) is 28.3 Å². The summed E-state index contributed by atoms with van der Waals surface area (Å²) >= 11 is 0. The first-order chi connectivity index (χ1) is 8.03. The predicted octanol–water partition coefficient (Wildman–Crippen LogP) is 2.01. The molecule has 2 aliphatic carbocycles. The summed E-state index contributed by atoms with van der Waals surface area (Å²) in [6.45, 7) is 9.37. The van der Waals surface area contributed by atoms with Gasteiger partial charge in [-0.1, -0.05) is 13.8 Å². The molecule has 2 rings (SSSR count). The topological polar surface area (TPSA) is 75.6 Å².